The zero-order valence-electron chi connectivity index (χ0n) is 16.8. The summed E-state index contributed by atoms with van der Waals surface area (Å²) in [4.78, 5) is 4.79. The van der Waals surface area contributed by atoms with Gasteiger partial charge in [0.25, 0.3) is 5.60 Å². The van der Waals surface area contributed by atoms with Gasteiger partial charge in [-0.25, -0.2) is 4.68 Å². The Balaban J connectivity index is 1.72. The Morgan fingerprint density at radius 1 is 1.00 bits per heavy atom. The first-order chi connectivity index (χ1) is 16.0. The second-order valence-electron chi connectivity index (χ2n) is 7.34. The molecular formula is C22H11F6N5O. The third-order valence-corrected chi connectivity index (χ3v) is 5.25. The number of benzene rings is 2. The van der Waals surface area contributed by atoms with E-state index in [2.05, 4.69) is 10.3 Å². The predicted octanol–water partition coefficient (Wildman–Crippen LogP) is 5.22. The molecule has 0 radical (unpaired) electrons. The van der Waals surface area contributed by atoms with Crippen LogP contribution < -0.4 is 0 Å². The minimum atomic E-state index is -5.09. The highest BCUT2D eigenvalue weighted by Gasteiger charge is 2.62. The standard InChI is InChI=1S/C22H11F6N5O/c23-21(24,25)17-3-1-2-16(7-17)20(22(26,27)28)8-18(32-34-20)14-4-5-19(15(6-14)10-30)33-12-13(9-29)11-31-33/h1-7,11-12H,8H2. The molecule has 0 fully saturated rings. The third-order valence-electron chi connectivity index (χ3n) is 5.25. The molecule has 0 aliphatic carbocycles. The molecule has 34 heavy (non-hydrogen) atoms. The second-order valence-corrected chi connectivity index (χ2v) is 7.34. The molecule has 1 aliphatic rings. The van der Waals surface area contributed by atoms with Crippen LogP contribution in [0.5, 0.6) is 0 Å². The Labute approximate surface area is 187 Å². The zero-order valence-corrected chi connectivity index (χ0v) is 16.8. The van der Waals surface area contributed by atoms with Crippen molar-refractivity contribution < 1.29 is 31.2 Å². The number of aromatic nitrogens is 2. The van der Waals surface area contributed by atoms with Crippen molar-refractivity contribution in [2.45, 2.75) is 24.4 Å². The highest BCUT2D eigenvalue weighted by molar-refractivity contribution is 6.02. The first-order valence-electron chi connectivity index (χ1n) is 9.48. The van der Waals surface area contributed by atoms with Crippen molar-refractivity contribution >= 4 is 5.71 Å². The molecule has 1 aromatic heterocycles. The summed E-state index contributed by atoms with van der Waals surface area (Å²) in [5, 5.41) is 25.9. The van der Waals surface area contributed by atoms with Gasteiger partial charge in [-0.05, 0) is 24.3 Å². The largest absolute Gasteiger partial charge is 0.435 e. The van der Waals surface area contributed by atoms with E-state index in [1.807, 2.05) is 12.1 Å². The van der Waals surface area contributed by atoms with Crippen LogP contribution in [0, 0.1) is 22.7 Å². The molecule has 4 rings (SSSR count). The highest BCUT2D eigenvalue weighted by Crippen LogP contribution is 2.49. The summed E-state index contributed by atoms with van der Waals surface area (Å²) in [6.45, 7) is 0. The first kappa shape index (κ1) is 22.9. The van der Waals surface area contributed by atoms with Crippen LogP contribution in [0.2, 0.25) is 0 Å². The molecule has 12 heteroatoms. The molecule has 172 valence electrons. The van der Waals surface area contributed by atoms with E-state index < -0.39 is 35.5 Å². The molecule has 0 spiro atoms. The van der Waals surface area contributed by atoms with E-state index in [9.17, 15) is 31.6 Å². The van der Waals surface area contributed by atoms with Crippen molar-refractivity contribution in [1.82, 2.24) is 9.78 Å². The normalized spacial score (nSPS) is 18.1. The summed E-state index contributed by atoms with van der Waals surface area (Å²) in [7, 11) is 0. The van der Waals surface area contributed by atoms with Crippen molar-refractivity contribution in [3.05, 3.63) is 82.7 Å². The van der Waals surface area contributed by atoms with E-state index in [-0.39, 0.29) is 28.1 Å². The van der Waals surface area contributed by atoms with E-state index in [4.69, 9.17) is 10.1 Å². The fourth-order valence-electron chi connectivity index (χ4n) is 3.52. The number of rotatable bonds is 3. The summed E-state index contributed by atoms with van der Waals surface area (Å²) < 4.78 is 82.9. The van der Waals surface area contributed by atoms with Crippen molar-refractivity contribution in [3.8, 4) is 17.8 Å². The minimum Gasteiger partial charge on any atom is -0.374 e. The van der Waals surface area contributed by atoms with Gasteiger partial charge in [-0.3, -0.25) is 0 Å². The molecule has 1 aliphatic heterocycles. The molecule has 0 saturated heterocycles. The molecule has 3 aromatic rings. The monoisotopic (exact) mass is 475 g/mol. The van der Waals surface area contributed by atoms with Crippen LogP contribution in [0.1, 0.15) is 34.2 Å². The first-order valence-corrected chi connectivity index (χ1v) is 9.48. The summed E-state index contributed by atoms with van der Waals surface area (Å²) in [6, 6.07) is 10.7. The fourth-order valence-corrected chi connectivity index (χ4v) is 3.52. The van der Waals surface area contributed by atoms with Gasteiger partial charge in [0.15, 0.2) is 0 Å². The number of hydrogen-bond acceptors (Lipinski definition) is 5. The highest BCUT2D eigenvalue weighted by atomic mass is 19.4. The van der Waals surface area contributed by atoms with E-state index in [0.717, 1.165) is 12.1 Å². The van der Waals surface area contributed by atoms with Gasteiger partial charge in [0.05, 0.1) is 34.3 Å². The molecule has 0 saturated carbocycles. The molecule has 2 aromatic carbocycles. The van der Waals surface area contributed by atoms with Crippen LogP contribution in [0.3, 0.4) is 0 Å². The van der Waals surface area contributed by atoms with Crippen LogP contribution in [0.15, 0.2) is 60.0 Å². The lowest BCUT2D eigenvalue weighted by molar-refractivity contribution is -0.276. The Bertz CT molecular complexity index is 1380. The van der Waals surface area contributed by atoms with Gasteiger partial charge in [-0.15, -0.1) is 0 Å². The molecule has 0 bridgehead atoms. The average molecular weight is 475 g/mol. The summed E-state index contributed by atoms with van der Waals surface area (Å²) in [6.07, 6.45) is -8.20. The van der Waals surface area contributed by atoms with Crippen molar-refractivity contribution in [1.29, 1.82) is 10.5 Å². The summed E-state index contributed by atoms with van der Waals surface area (Å²) in [5.74, 6) is 0. The van der Waals surface area contributed by atoms with Crippen molar-refractivity contribution in [2.75, 3.05) is 0 Å². The third kappa shape index (κ3) is 3.83. The Kier molecular flexibility index (Phi) is 5.32. The second kappa shape index (κ2) is 7.92. The van der Waals surface area contributed by atoms with Gasteiger partial charge in [0.1, 0.15) is 12.1 Å². The van der Waals surface area contributed by atoms with Gasteiger partial charge in [-0.1, -0.05) is 23.4 Å². The van der Waals surface area contributed by atoms with Crippen LogP contribution >= 0.6 is 0 Å². The number of nitrogens with zero attached hydrogens (tertiary/aromatic N) is 5. The lowest BCUT2D eigenvalue weighted by Gasteiger charge is -2.30. The maximum atomic E-state index is 14.1. The number of halogens is 6. The van der Waals surface area contributed by atoms with Crippen LogP contribution in [0.4, 0.5) is 26.3 Å². The van der Waals surface area contributed by atoms with Crippen LogP contribution in [0.25, 0.3) is 5.69 Å². The summed E-state index contributed by atoms with van der Waals surface area (Å²) in [5.41, 5.74) is -4.68. The average Bonchev–Trinajstić information content (AvgIpc) is 3.46. The van der Waals surface area contributed by atoms with E-state index in [0.29, 0.717) is 12.1 Å². The van der Waals surface area contributed by atoms with E-state index in [1.54, 1.807) is 0 Å². The zero-order chi connectivity index (χ0) is 24.7. The fraction of sp³-hybridized carbons (Fsp3) is 0.182. The maximum absolute atomic E-state index is 14.1. The topological polar surface area (TPSA) is 87.0 Å². The molecular weight excluding hydrogens is 464 g/mol. The van der Waals surface area contributed by atoms with Crippen molar-refractivity contribution in [3.63, 3.8) is 0 Å². The van der Waals surface area contributed by atoms with Gasteiger partial charge in [0.2, 0.25) is 0 Å². The predicted molar refractivity (Wildman–Crippen MR) is 104 cm³/mol. The lowest BCUT2D eigenvalue weighted by atomic mass is 9.85. The number of nitriles is 2. The molecule has 1 unspecified atom stereocenters. The number of oxime groups is 1. The number of alkyl halides is 6. The van der Waals surface area contributed by atoms with Gasteiger partial charge in [-0.2, -0.15) is 42.0 Å². The Morgan fingerprint density at radius 2 is 1.76 bits per heavy atom. The Hall–Kier alpha value is -4.32. The summed E-state index contributed by atoms with van der Waals surface area (Å²) >= 11 is 0. The van der Waals surface area contributed by atoms with E-state index >= 15 is 0 Å². The Morgan fingerprint density at radius 3 is 2.38 bits per heavy atom. The quantitative estimate of drug-likeness (QED) is 0.487. The van der Waals surface area contributed by atoms with Crippen molar-refractivity contribution in [2.24, 2.45) is 5.16 Å². The maximum Gasteiger partial charge on any atom is 0.435 e. The molecule has 6 nitrogen and oxygen atoms in total. The van der Waals surface area contributed by atoms with Gasteiger partial charge < -0.3 is 4.84 Å². The molecule has 0 amide bonds. The SMILES string of the molecule is N#Cc1cnn(-c2ccc(C3=NOC(c4cccc(C(F)(F)F)c4)(C(F)(F)F)C3)cc2C#N)c1. The minimum absolute atomic E-state index is 0.0244. The van der Waals surface area contributed by atoms with Crippen LogP contribution in [-0.2, 0) is 16.6 Å². The van der Waals surface area contributed by atoms with Crippen LogP contribution in [-0.4, -0.2) is 21.7 Å². The molecule has 2 heterocycles. The van der Waals surface area contributed by atoms with E-state index in [1.165, 1.54) is 35.3 Å². The smallest absolute Gasteiger partial charge is 0.374 e. The molecule has 1 atom stereocenters. The lowest BCUT2D eigenvalue weighted by Crippen LogP contribution is -2.42. The molecule has 0 N–H and O–H groups in total. The van der Waals surface area contributed by atoms with Gasteiger partial charge in [0, 0.05) is 23.7 Å². The number of hydrogen-bond donors (Lipinski definition) is 0. The van der Waals surface area contributed by atoms with Gasteiger partial charge >= 0.3 is 12.4 Å².